The fraction of sp³-hybridized carbons (Fsp3) is 0.250. The molecule has 2 rings (SSSR count). The molecule has 0 fully saturated rings. The molecule has 0 saturated carbocycles. The van der Waals surface area contributed by atoms with Crippen LogP contribution in [-0.2, 0) is 4.79 Å². The summed E-state index contributed by atoms with van der Waals surface area (Å²) in [5, 5.41) is 13.4. The van der Waals surface area contributed by atoms with E-state index >= 15 is 0 Å². The fourth-order valence-corrected chi connectivity index (χ4v) is 3.23. The summed E-state index contributed by atoms with van der Waals surface area (Å²) in [5.74, 6) is -2.29. The van der Waals surface area contributed by atoms with Crippen molar-refractivity contribution in [3.8, 4) is 0 Å². The third-order valence-corrected chi connectivity index (χ3v) is 4.58. The van der Waals surface area contributed by atoms with Crippen LogP contribution in [0.25, 0.3) is 0 Å². The number of anilines is 2. The highest BCUT2D eigenvalue weighted by molar-refractivity contribution is 8.02. The first kappa shape index (κ1) is 15.6. The van der Waals surface area contributed by atoms with E-state index < -0.39 is 16.9 Å². The number of halogens is 2. The molecule has 9 heteroatoms. The van der Waals surface area contributed by atoms with Crippen LogP contribution in [0.2, 0.25) is 0 Å². The molecule has 0 aliphatic rings. The predicted molar refractivity (Wildman–Crippen MR) is 79.8 cm³/mol. The molecular weight excluding hydrogens is 318 g/mol. The lowest BCUT2D eigenvalue weighted by atomic mass is 10.3. The van der Waals surface area contributed by atoms with Gasteiger partial charge in [-0.15, -0.1) is 10.2 Å². The Morgan fingerprint density at radius 1 is 1.33 bits per heavy atom. The average Bonchev–Trinajstić information content (AvgIpc) is 2.90. The van der Waals surface area contributed by atoms with Gasteiger partial charge in [-0.1, -0.05) is 23.1 Å². The Hall–Kier alpha value is -1.74. The minimum Gasteiger partial charge on any atom is -0.363 e. The number of thioether (sulfide) groups is 1. The Balaban J connectivity index is 1.97. The first-order valence-electron chi connectivity index (χ1n) is 5.93. The number of aromatic nitrogens is 2. The van der Waals surface area contributed by atoms with Gasteiger partial charge >= 0.3 is 0 Å². The summed E-state index contributed by atoms with van der Waals surface area (Å²) in [6, 6.07) is 3.21. The number of rotatable bonds is 5. The molecule has 0 radical (unpaired) electrons. The average molecular weight is 330 g/mol. The van der Waals surface area contributed by atoms with E-state index in [1.165, 1.54) is 29.2 Å². The zero-order valence-corrected chi connectivity index (χ0v) is 12.8. The molecule has 1 aromatic carbocycles. The lowest BCUT2D eigenvalue weighted by molar-refractivity contribution is -0.115. The topological polar surface area (TPSA) is 66.9 Å². The van der Waals surface area contributed by atoms with Gasteiger partial charge in [-0.25, -0.2) is 8.78 Å². The molecule has 0 unspecified atom stereocenters. The van der Waals surface area contributed by atoms with E-state index in [0.29, 0.717) is 9.47 Å². The number of hydrogen-bond acceptors (Lipinski definition) is 6. The second kappa shape index (κ2) is 6.81. The number of carbonyl (C=O) groups is 1. The predicted octanol–water partition coefficient (Wildman–Crippen LogP) is 2.98. The maximum Gasteiger partial charge on any atom is 0.237 e. The molecule has 1 amide bonds. The van der Waals surface area contributed by atoms with Crippen molar-refractivity contribution in [3.05, 3.63) is 29.8 Å². The Morgan fingerprint density at radius 2 is 2.10 bits per heavy atom. The second-order valence-corrected chi connectivity index (χ2v) is 6.57. The summed E-state index contributed by atoms with van der Waals surface area (Å²) < 4.78 is 26.5. The van der Waals surface area contributed by atoms with E-state index in [0.717, 1.165) is 12.1 Å². The van der Waals surface area contributed by atoms with Crippen LogP contribution in [0.4, 0.5) is 19.6 Å². The smallest absolute Gasteiger partial charge is 0.237 e. The molecule has 0 aliphatic heterocycles. The van der Waals surface area contributed by atoms with Crippen LogP contribution in [-0.4, -0.2) is 28.4 Å². The van der Waals surface area contributed by atoms with E-state index in [1.807, 2.05) is 0 Å². The van der Waals surface area contributed by atoms with E-state index in [-0.39, 0.29) is 11.6 Å². The molecule has 0 saturated heterocycles. The lowest BCUT2D eigenvalue weighted by Crippen LogP contribution is -2.22. The van der Waals surface area contributed by atoms with Crippen molar-refractivity contribution >= 4 is 39.8 Å². The molecule has 1 atom stereocenters. The van der Waals surface area contributed by atoms with Crippen LogP contribution < -0.4 is 10.6 Å². The highest BCUT2D eigenvalue weighted by atomic mass is 32.2. The molecule has 0 spiro atoms. The molecule has 5 nitrogen and oxygen atoms in total. The molecule has 0 bridgehead atoms. The number of nitrogens with zero attached hydrogens (tertiary/aromatic N) is 2. The van der Waals surface area contributed by atoms with Gasteiger partial charge in [0, 0.05) is 18.8 Å². The van der Waals surface area contributed by atoms with Gasteiger partial charge < -0.3 is 10.6 Å². The van der Waals surface area contributed by atoms with E-state index in [2.05, 4.69) is 20.8 Å². The van der Waals surface area contributed by atoms with Crippen molar-refractivity contribution in [2.24, 2.45) is 0 Å². The van der Waals surface area contributed by atoms with Gasteiger partial charge in [-0.3, -0.25) is 4.79 Å². The Labute approximate surface area is 128 Å². The van der Waals surface area contributed by atoms with E-state index in [9.17, 15) is 13.6 Å². The molecule has 0 aliphatic carbocycles. The van der Waals surface area contributed by atoms with Gasteiger partial charge in [0.25, 0.3) is 0 Å². The summed E-state index contributed by atoms with van der Waals surface area (Å²) in [5.41, 5.74) is 0.208. The fourth-order valence-electron chi connectivity index (χ4n) is 1.38. The highest BCUT2D eigenvalue weighted by Crippen LogP contribution is 2.29. The molecule has 1 aromatic heterocycles. The van der Waals surface area contributed by atoms with Crippen molar-refractivity contribution in [1.82, 2.24) is 10.2 Å². The molecule has 112 valence electrons. The van der Waals surface area contributed by atoms with Gasteiger partial charge in [-0.05, 0) is 19.1 Å². The van der Waals surface area contributed by atoms with Crippen LogP contribution in [0.15, 0.2) is 22.5 Å². The number of amides is 1. The first-order chi connectivity index (χ1) is 9.99. The van der Waals surface area contributed by atoms with Gasteiger partial charge in [0.15, 0.2) is 16.0 Å². The summed E-state index contributed by atoms with van der Waals surface area (Å²) in [6.07, 6.45) is 0. The largest absolute Gasteiger partial charge is 0.363 e. The maximum atomic E-state index is 13.1. The summed E-state index contributed by atoms with van der Waals surface area (Å²) in [4.78, 5) is 12.0. The Bertz CT molecular complexity index is 650. The second-order valence-electron chi connectivity index (χ2n) is 4.00. The molecule has 2 aromatic rings. The molecule has 1 heterocycles. The van der Waals surface area contributed by atoms with Crippen LogP contribution in [0.3, 0.4) is 0 Å². The van der Waals surface area contributed by atoms with Crippen LogP contribution in [0.1, 0.15) is 6.92 Å². The minimum absolute atomic E-state index is 0.208. The van der Waals surface area contributed by atoms with Crippen LogP contribution in [0.5, 0.6) is 0 Å². The van der Waals surface area contributed by atoms with Crippen molar-refractivity contribution in [3.63, 3.8) is 0 Å². The van der Waals surface area contributed by atoms with Crippen molar-refractivity contribution in [2.75, 3.05) is 17.7 Å². The molecule has 2 N–H and O–H groups in total. The number of hydrogen-bond donors (Lipinski definition) is 2. The normalized spacial score (nSPS) is 12.0. The van der Waals surface area contributed by atoms with Crippen molar-refractivity contribution in [1.29, 1.82) is 0 Å². The van der Waals surface area contributed by atoms with Crippen LogP contribution >= 0.6 is 23.1 Å². The monoisotopic (exact) mass is 330 g/mol. The third kappa shape index (κ3) is 4.11. The highest BCUT2D eigenvalue weighted by Gasteiger charge is 2.17. The third-order valence-electron chi connectivity index (χ3n) is 2.45. The Kier molecular flexibility index (Phi) is 5.07. The summed E-state index contributed by atoms with van der Waals surface area (Å²) in [7, 11) is 1.73. The molecular formula is C12H12F2N4OS2. The standard InChI is InChI=1S/C12H12F2N4OS2/c1-6(20-12-18-17-11(15-2)21-12)10(19)16-7-3-4-8(13)9(14)5-7/h3-6H,1-2H3,(H,15,17)(H,16,19)/t6-/m1/s1. The first-order valence-corrected chi connectivity index (χ1v) is 7.63. The van der Waals surface area contributed by atoms with Crippen LogP contribution in [0, 0.1) is 11.6 Å². The molecule has 21 heavy (non-hydrogen) atoms. The lowest BCUT2D eigenvalue weighted by Gasteiger charge is -2.10. The van der Waals surface area contributed by atoms with Gasteiger partial charge in [0.1, 0.15) is 0 Å². The Morgan fingerprint density at radius 3 is 2.71 bits per heavy atom. The van der Waals surface area contributed by atoms with Crippen molar-refractivity contribution < 1.29 is 13.6 Å². The maximum absolute atomic E-state index is 13.1. The number of carbonyl (C=O) groups excluding carboxylic acids is 1. The quantitative estimate of drug-likeness (QED) is 0.825. The zero-order chi connectivity index (χ0) is 15.4. The minimum atomic E-state index is -1.00. The SMILES string of the molecule is CNc1nnc(S[C@H](C)C(=O)Nc2ccc(F)c(F)c2)s1. The summed E-state index contributed by atoms with van der Waals surface area (Å²) >= 11 is 2.57. The summed E-state index contributed by atoms with van der Waals surface area (Å²) in [6.45, 7) is 1.69. The zero-order valence-electron chi connectivity index (χ0n) is 11.2. The van der Waals surface area contributed by atoms with Gasteiger partial charge in [0.05, 0.1) is 5.25 Å². The van der Waals surface area contributed by atoms with E-state index in [4.69, 9.17) is 0 Å². The number of nitrogens with one attached hydrogen (secondary N) is 2. The number of benzene rings is 1. The van der Waals surface area contributed by atoms with Crippen molar-refractivity contribution in [2.45, 2.75) is 16.5 Å². The van der Waals surface area contributed by atoms with Gasteiger partial charge in [0.2, 0.25) is 11.0 Å². The van der Waals surface area contributed by atoms with E-state index in [1.54, 1.807) is 14.0 Å². The van der Waals surface area contributed by atoms with Gasteiger partial charge in [-0.2, -0.15) is 0 Å².